The van der Waals surface area contributed by atoms with E-state index in [0.29, 0.717) is 5.41 Å². The third-order valence-corrected chi connectivity index (χ3v) is 3.52. The van der Waals surface area contributed by atoms with E-state index in [1.807, 2.05) is 0 Å². The highest BCUT2D eigenvalue weighted by atomic mass is 14.4. The first-order chi connectivity index (χ1) is 5.41. The summed E-state index contributed by atoms with van der Waals surface area (Å²) in [6.45, 7) is 12.1. The fourth-order valence-corrected chi connectivity index (χ4v) is 3.05. The zero-order chi connectivity index (χ0) is 9.35. The van der Waals surface area contributed by atoms with Gasteiger partial charge in [0.1, 0.15) is 0 Å². The number of hydrogen-bond donors (Lipinski definition) is 0. The molecule has 1 rings (SSSR count). The Hall–Kier alpha value is 0. The molecule has 3 unspecified atom stereocenters. The third kappa shape index (κ3) is 2.50. The average Bonchev–Trinajstić information content (AvgIpc) is 1.89. The normalized spacial score (nSPS) is 42.2. The second-order valence-corrected chi connectivity index (χ2v) is 5.87. The van der Waals surface area contributed by atoms with Crippen molar-refractivity contribution in [1.29, 1.82) is 0 Å². The highest BCUT2D eigenvalue weighted by Gasteiger charge is 2.30. The first-order valence-corrected chi connectivity index (χ1v) is 5.41. The second kappa shape index (κ2) is 3.40. The highest BCUT2D eigenvalue weighted by Crippen LogP contribution is 2.41. The van der Waals surface area contributed by atoms with Crippen LogP contribution in [0.5, 0.6) is 0 Å². The number of hydrogen-bond acceptors (Lipinski definition) is 0. The summed E-state index contributed by atoms with van der Waals surface area (Å²) in [5.41, 5.74) is 0.587. The van der Waals surface area contributed by atoms with E-state index in [2.05, 4.69) is 34.6 Å². The molecule has 0 spiro atoms. The zero-order valence-electron chi connectivity index (χ0n) is 9.35. The van der Waals surface area contributed by atoms with Crippen LogP contribution in [0.4, 0.5) is 0 Å². The largest absolute Gasteiger partial charge is 0.0625 e. The van der Waals surface area contributed by atoms with Crippen molar-refractivity contribution in [2.45, 2.75) is 53.9 Å². The Morgan fingerprint density at radius 2 is 1.50 bits per heavy atom. The van der Waals surface area contributed by atoms with E-state index in [1.54, 1.807) is 0 Å². The van der Waals surface area contributed by atoms with Crippen molar-refractivity contribution in [3.63, 3.8) is 0 Å². The fourth-order valence-electron chi connectivity index (χ4n) is 3.05. The molecule has 1 aliphatic carbocycles. The Morgan fingerprint density at radius 1 is 0.917 bits per heavy atom. The highest BCUT2D eigenvalue weighted by molar-refractivity contribution is 4.81. The van der Waals surface area contributed by atoms with Crippen LogP contribution in [-0.4, -0.2) is 0 Å². The molecule has 0 amide bonds. The summed E-state index contributed by atoms with van der Waals surface area (Å²) in [7, 11) is 0. The lowest BCUT2D eigenvalue weighted by Gasteiger charge is -2.26. The number of rotatable bonds is 0. The molecule has 0 aromatic rings. The van der Waals surface area contributed by atoms with Crippen molar-refractivity contribution >= 4 is 0 Å². The smallest absolute Gasteiger partial charge is 0.0349 e. The van der Waals surface area contributed by atoms with Gasteiger partial charge >= 0.3 is 0 Å². The summed E-state index contributed by atoms with van der Waals surface area (Å²) in [4.78, 5) is 0. The molecule has 0 heteroatoms. The van der Waals surface area contributed by atoms with Gasteiger partial charge < -0.3 is 0 Å². The van der Waals surface area contributed by atoms with E-state index in [9.17, 15) is 0 Å². The van der Waals surface area contributed by atoms with Crippen LogP contribution in [0.2, 0.25) is 0 Å². The van der Waals surface area contributed by atoms with Gasteiger partial charge in [0.15, 0.2) is 0 Å². The molecule has 1 aliphatic rings. The quantitative estimate of drug-likeness (QED) is 0.478. The van der Waals surface area contributed by atoms with E-state index in [1.165, 1.54) is 19.3 Å². The molecule has 1 saturated carbocycles. The first kappa shape index (κ1) is 10.1. The van der Waals surface area contributed by atoms with Crippen molar-refractivity contribution in [1.82, 2.24) is 0 Å². The van der Waals surface area contributed by atoms with Crippen LogP contribution >= 0.6 is 0 Å². The van der Waals surface area contributed by atoms with Crippen molar-refractivity contribution in [3.8, 4) is 0 Å². The molecule has 0 saturated heterocycles. The van der Waals surface area contributed by atoms with Crippen molar-refractivity contribution < 1.29 is 0 Å². The molecule has 1 fully saturated rings. The predicted molar refractivity (Wildman–Crippen MR) is 55.1 cm³/mol. The van der Waals surface area contributed by atoms with Crippen LogP contribution in [0.15, 0.2) is 0 Å². The van der Waals surface area contributed by atoms with E-state index in [0.717, 1.165) is 17.8 Å². The van der Waals surface area contributed by atoms with Gasteiger partial charge in [-0.2, -0.15) is 0 Å². The van der Waals surface area contributed by atoms with Gasteiger partial charge in [0.05, 0.1) is 0 Å². The average molecular weight is 168 g/mol. The van der Waals surface area contributed by atoms with Crippen molar-refractivity contribution in [2.75, 3.05) is 0 Å². The maximum absolute atomic E-state index is 2.43. The van der Waals surface area contributed by atoms with Gasteiger partial charge in [-0.15, -0.1) is 0 Å². The molecular formula is C12H24. The summed E-state index contributed by atoms with van der Waals surface area (Å²) < 4.78 is 0. The molecule has 0 aliphatic heterocycles. The molecule has 0 aromatic carbocycles. The lowest BCUT2D eigenvalue weighted by molar-refractivity contribution is 0.245. The Kier molecular flexibility index (Phi) is 2.85. The molecule has 0 aromatic heterocycles. The van der Waals surface area contributed by atoms with Gasteiger partial charge in [0, 0.05) is 0 Å². The van der Waals surface area contributed by atoms with E-state index in [4.69, 9.17) is 0 Å². The molecule has 12 heavy (non-hydrogen) atoms. The van der Waals surface area contributed by atoms with E-state index < -0.39 is 0 Å². The summed E-state index contributed by atoms with van der Waals surface area (Å²) in [5.74, 6) is 2.78. The SMILES string of the molecule is CC1CC(C)C(C)CC(C)(C)C1. The third-order valence-electron chi connectivity index (χ3n) is 3.52. The van der Waals surface area contributed by atoms with Gasteiger partial charge in [0.25, 0.3) is 0 Å². The Bertz CT molecular complexity index is 146. The minimum Gasteiger partial charge on any atom is -0.0625 e. The Labute approximate surface area is 77.7 Å². The fraction of sp³-hybridized carbons (Fsp3) is 1.00. The molecule has 0 N–H and O–H groups in total. The lowest BCUT2D eigenvalue weighted by atomic mass is 9.79. The Morgan fingerprint density at radius 3 is 2.08 bits per heavy atom. The van der Waals surface area contributed by atoms with Crippen LogP contribution in [0.1, 0.15) is 53.9 Å². The minimum atomic E-state index is 0.587. The molecular weight excluding hydrogens is 144 g/mol. The lowest BCUT2D eigenvalue weighted by Crippen LogP contribution is -2.15. The maximum Gasteiger partial charge on any atom is -0.0349 e. The molecule has 72 valence electrons. The molecule has 3 atom stereocenters. The van der Waals surface area contributed by atoms with Gasteiger partial charge in [-0.1, -0.05) is 34.6 Å². The van der Waals surface area contributed by atoms with Crippen LogP contribution in [0.25, 0.3) is 0 Å². The molecule has 0 radical (unpaired) electrons. The minimum absolute atomic E-state index is 0.587. The van der Waals surface area contributed by atoms with Crippen LogP contribution in [-0.2, 0) is 0 Å². The topological polar surface area (TPSA) is 0 Å². The van der Waals surface area contributed by atoms with Crippen LogP contribution in [0, 0.1) is 23.2 Å². The Balaban J connectivity index is 2.66. The summed E-state index contributed by atoms with van der Waals surface area (Å²) in [5, 5.41) is 0. The molecule has 0 bridgehead atoms. The van der Waals surface area contributed by atoms with Crippen LogP contribution < -0.4 is 0 Å². The van der Waals surface area contributed by atoms with Gasteiger partial charge in [-0.25, -0.2) is 0 Å². The van der Waals surface area contributed by atoms with Crippen molar-refractivity contribution in [2.24, 2.45) is 23.2 Å². The van der Waals surface area contributed by atoms with Gasteiger partial charge in [-0.3, -0.25) is 0 Å². The second-order valence-electron chi connectivity index (χ2n) is 5.87. The predicted octanol–water partition coefficient (Wildman–Crippen LogP) is 4.10. The van der Waals surface area contributed by atoms with Gasteiger partial charge in [0.2, 0.25) is 0 Å². The van der Waals surface area contributed by atoms with Crippen molar-refractivity contribution in [3.05, 3.63) is 0 Å². The zero-order valence-corrected chi connectivity index (χ0v) is 9.35. The van der Waals surface area contributed by atoms with Gasteiger partial charge in [-0.05, 0) is 42.4 Å². The van der Waals surface area contributed by atoms with E-state index in [-0.39, 0.29) is 0 Å². The monoisotopic (exact) mass is 168 g/mol. The molecule has 0 heterocycles. The van der Waals surface area contributed by atoms with E-state index >= 15 is 0 Å². The molecule has 0 nitrogen and oxygen atoms in total. The first-order valence-electron chi connectivity index (χ1n) is 5.41. The van der Waals surface area contributed by atoms with Crippen LogP contribution in [0.3, 0.4) is 0 Å². The standard InChI is InChI=1S/C12H24/c1-9-6-10(2)11(3)8-12(4,5)7-9/h9-11H,6-8H2,1-5H3. The summed E-state index contributed by atoms with van der Waals surface area (Å²) in [6.07, 6.45) is 4.27. The maximum atomic E-state index is 2.43. The summed E-state index contributed by atoms with van der Waals surface area (Å²) in [6, 6.07) is 0. The summed E-state index contributed by atoms with van der Waals surface area (Å²) >= 11 is 0.